The quantitative estimate of drug-likeness (QED) is 0.844. The number of nitrogen functional groups attached to an aromatic ring is 1. The summed E-state index contributed by atoms with van der Waals surface area (Å²) in [6.45, 7) is 5.41. The summed E-state index contributed by atoms with van der Waals surface area (Å²) in [6, 6.07) is 1.70. The summed E-state index contributed by atoms with van der Waals surface area (Å²) >= 11 is 5.78. The Bertz CT molecular complexity index is 368. The van der Waals surface area contributed by atoms with Gasteiger partial charge in [0.15, 0.2) is 0 Å². The van der Waals surface area contributed by atoms with Crippen molar-refractivity contribution in [2.75, 3.05) is 50.4 Å². The van der Waals surface area contributed by atoms with E-state index in [9.17, 15) is 0 Å². The third kappa shape index (κ3) is 3.73. The fourth-order valence-corrected chi connectivity index (χ4v) is 1.93. The highest BCUT2D eigenvalue weighted by atomic mass is 35.5. The van der Waals surface area contributed by atoms with Crippen molar-refractivity contribution in [3.05, 3.63) is 17.3 Å². The van der Waals surface area contributed by atoms with Gasteiger partial charge in [0, 0.05) is 32.4 Å². The third-order valence-electron chi connectivity index (χ3n) is 2.71. The lowest BCUT2D eigenvalue weighted by Crippen LogP contribution is -2.39. The van der Waals surface area contributed by atoms with E-state index in [1.807, 2.05) is 0 Å². The molecule has 5 nitrogen and oxygen atoms in total. The lowest BCUT2D eigenvalue weighted by Gasteiger charge is -2.26. The number of hydrogen-bond acceptors (Lipinski definition) is 5. The standard InChI is InChI=1S/C11H17ClN4O/c12-9-7-10(13)11(15-8-9)14-1-2-16-3-5-17-6-4-16/h7-8H,1-6,13H2,(H,14,15). The highest BCUT2D eigenvalue weighted by molar-refractivity contribution is 6.30. The second-order valence-corrected chi connectivity index (χ2v) is 4.41. The largest absolute Gasteiger partial charge is 0.396 e. The summed E-state index contributed by atoms with van der Waals surface area (Å²) in [7, 11) is 0. The molecule has 6 heteroatoms. The van der Waals surface area contributed by atoms with E-state index in [4.69, 9.17) is 22.1 Å². The fourth-order valence-electron chi connectivity index (χ4n) is 1.76. The van der Waals surface area contributed by atoms with Crippen LogP contribution in [0.1, 0.15) is 0 Å². The van der Waals surface area contributed by atoms with Crippen molar-refractivity contribution >= 4 is 23.1 Å². The van der Waals surface area contributed by atoms with Crippen molar-refractivity contribution in [1.82, 2.24) is 9.88 Å². The van der Waals surface area contributed by atoms with Crippen LogP contribution in [0.4, 0.5) is 11.5 Å². The van der Waals surface area contributed by atoms with E-state index in [1.165, 1.54) is 0 Å². The van der Waals surface area contributed by atoms with E-state index in [1.54, 1.807) is 12.3 Å². The monoisotopic (exact) mass is 256 g/mol. The Morgan fingerprint density at radius 1 is 1.47 bits per heavy atom. The first-order chi connectivity index (χ1) is 8.25. The molecule has 1 aliphatic heterocycles. The number of pyridine rings is 1. The third-order valence-corrected chi connectivity index (χ3v) is 2.91. The second kappa shape index (κ2) is 6.05. The van der Waals surface area contributed by atoms with Crippen molar-refractivity contribution in [2.45, 2.75) is 0 Å². The Balaban J connectivity index is 1.77. The molecule has 1 aliphatic rings. The lowest BCUT2D eigenvalue weighted by molar-refractivity contribution is 0.0398. The predicted molar refractivity (Wildman–Crippen MR) is 69.4 cm³/mol. The summed E-state index contributed by atoms with van der Waals surface area (Å²) in [5, 5.41) is 3.77. The molecule has 1 aromatic heterocycles. The SMILES string of the molecule is Nc1cc(Cl)cnc1NCCN1CCOCC1. The van der Waals surface area contributed by atoms with Crippen LogP contribution in [0.3, 0.4) is 0 Å². The van der Waals surface area contributed by atoms with Gasteiger partial charge in [0.2, 0.25) is 0 Å². The molecule has 0 saturated carbocycles. The van der Waals surface area contributed by atoms with Gasteiger partial charge in [-0.25, -0.2) is 4.98 Å². The first kappa shape index (κ1) is 12.4. The van der Waals surface area contributed by atoms with Crippen molar-refractivity contribution in [2.24, 2.45) is 0 Å². The average molecular weight is 257 g/mol. The van der Waals surface area contributed by atoms with Gasteiger partial charge in [0.05, 0.1) is 23.9 Å². The van der Waals surface area contributed by atoms with Crippen LogP contribution in [0, 0.1) is 0 Å². The molecule has 0 radical (unpaired) electrons. The Kier molecular flexibility index (Phi) is 4.42. The highest BCUT2D eigenvalue weighted by Crippen LogP contribution is 2.18. The number of nitrogens with two attached hydrogens (primary N) is 1. The Hall–Kier alpha value is -1.04. The molecule has 0 atom stereocenters. The first-order valence-corrected chi connectivity index (χ1v) is 6.08. The zero-order valence-electron chi connectivity index (χ0n) is 9.66. The molecule has 0 spiro atoms. The maximum atomic E-state index is 5.80. The summed E-state index contributed by atoms with van der Waals surface area (Å²) in [4.78, 5) is 6.50. The molecule has 0 aliphatic carbocycles. The van der Waals surface area contributed by atoms with Crippen molar-refractivity contribution in [3.63, 3.8) is 0 Å². The molecule has 94 valence electrons. The minimum Gasteiger partial charge on any atom is -0.396 e. The van der Waals surface area contributed by atoms with Crippen LogP contribution in [0.25, 0.3) is 0 Å². The number of aromatic nitrogens is 1. The van der Waals surface area contributed by atoms with Crippen LogP contribution in [0.5, 0.6) is 0 Å². The minimum atomic E-state index is 0.557. The van der Waals surface area contributed by atoms with Gasteiger partial charge in [-0.2, -0.15) is 0 Å². The predicted octanol–water partition coefficient (Wildman–Crippen LogP) is 1.06. The number of nitrogens with zero attached hydrogens (tertiary/aromatic N) is 2. The topological polar surface area (TPSA) is 63.4 Å². The first-order valence-electron chi connectivity index (χ1n) is 5.71. The zero-order chi connectivity index (χ0) is 12.1. The maximum absolute atomic E-state index is 5.80. The Morgan fingerprint density at radius 3 is 2.94 bits per heavy atom. The molecule has 0 bridgehead atoms. The van der Waals surface area contributed by atoms with Crippen LogP contribution in [-0.4, -0.2) is 49.3 Å². The molecule has 1 aromatic rings. The minimum absolute atomic E-state index is 0.557. The molecule has 1 fully saturated rings. The smallest absolute Gasteiger partial charge is 0.149 e. The number of morpholine rings is 1. The van der Waals surface area contributed by atoms with Gasteiger partial charge in [0.25, 0.3) is 0 Å². The molecular weight excluding hydrogens is 240 g/mol. The lowest BCUT2D eigenvalue weighted by atomic mass is 10.3. The number of rotatable bonds is 4. The molecule has 0 aromatic carbocycles. The summed E-state index contributed by atoms with van der Waals surface area (Å²) < 4.78 is 5.29. The number of ether oxygens (including phenoxy) is 1. The van der Waals surface area contributed by atoms with Crippen LogP contribution in [0.15, 0.2) is 12.3 Å². The zero-order valence-corrected chi connectivity index (χ0v) is 10.4. The van der Waals surface area contributed by atoms with Gasteiger partial charge < -0.3 is 15.8 Å². The van der Waals surface area contributed by atoms with E-state index in [0.29, 0.717) is 16.5 Å². The average Bonchev–Trinajstić information content (AvgIpc) is 2.33. The van der Waals surface area contributed by atoms with Crippen molar-refractivity contribution < 1.29 is 4.74 Å². The molecule has 17 heavy (non-hydrogen) atoms. The van der Waals surface area contributed by atoms with E-state index in [-0.39, 0.29) is 0 Å². The van der Waals surface area contributed by atoms with Crippen molar-refractivity contribution in [1.29, 1.82) is 0 Å². The summed E-state index contributed by atoms with van der Waals surface area (Å²) in [6.07, 6.45) is 1.59. The second-order valence-electron chi connectivity index (χ2n) is 3.97. The van der Waals surface area contributed by atoms with Gasteiger partial charge in [0.1, 0.15) is 5.82 Å². The Morgan fingerprint density at radius 2 is 2.24 bits per heavy atom. The maximum Gasteiger partial charge on any atom is 0.149 e. The van der Waals surface area contributed by atoms with Crippen LogP contribution < -0.4 is 11.1 Å². The summed E-state index contributed by atoms with van der Waals surface area (Å²) in [5.74, 6) is 0.697. The Labute approximate surface area is 106 Å². The van der Waals surface area contributed by atoms with Gasteiger partial charge in [-0.3, -0.25) is 4.90 Å². The number of halogens is 1. The van der Waals surface area contributed by atoms with E-state index in [2.05, 4.69) is 15.2 Å². The summed E-state index contributed by atoms with van der Waals surface area (Å²) in [5.41, 5.74) is 6.38. The van der Waals surface area contributed by atoms with Gasteiger partial charge in [-0.1, -0.05) is 11.6 Å². The van der Waals surface area contributed by atoms with Crippen LogP contribution >= 0.6 is 11.6 Å². The van der Waals surface area contributed by atoms with E-state index < -0.39 is 0 Å². The van der Waals surface area contributed by atoms with Crippen LogP contribution in [0.2, 0.25) is 5.02 Å². The van der Waals surface area contributed by atoms with Crippen LogP contribution in [-0.2, 0) is 4.74 Å². The van der Waals surface area contributed by atoms with Crippen molar-refractivity contribution in [3.8, 4) is 0 Å². The number of hydrogen-bond donors (Lipinski definition) is 2. The molecular formula is C11H17ClN4O. The normalized spacial score (nSPS) is 17.0. The molecule has 1 saturated heterocycles. The molecule has 2 rings (SSSR count). The molecule has 0 unspecified atom stereocenters. The number of anilines is 2. The molecule has 2 heterocycles. The van der Waals surface area contributed by atoms with Gasteiger partial charge >= 0.3 is 0 Å². The van der Waals surface area contributed by atoms with E-state index in [0.717, 1.165) is 39.4 Å². The number of nitrogens with one attached hydrogen (secondary N) is 1. The van der Waals surface area contributed by atoms with E-state index >= 15 is 0 Å². The van der Waals surface area contributed by atoms with Gasteiger partial charge in [-0.05, 0) is 6.07 Å². The fraction of sp³-hybridized carbons (Fsp3) is 0.545. The molecule has 0 amide bonds. The highest BCUT2D eigenvalue weighted by Gasteiger charge is 2.09. The molecule has 3 N–H and O–H groups in total. The van der Waals surface area contributed by atoms with Gasteiger partial charge in [-0.15, -0.1) is 0 Å².